The Morgan fingerprint density at radius 2 is 1.97 bits per heavy atom. The summed E-state index contributed by atoms with van der Waals surface area (Å²) < 4.78 is 43.4. The van der Waals surface area contributed by atoms with Gasteiger partial charge in [-0.15, -0.1) is 0 Å². The lowest BCUT2D eigenvalue weighted by molar-refractivity contribution is -0.137. The van der Waals surface area contributed by atoms with E-state index in [1.807, 2.05) is 0 Å². The number of rotatable bonds is 7. The van der Waals surface area contributed by atoms with Crippen molar-refractivity contribution in [1.29, 1.82) is 0 Å². The van der Waals surface area contributed by atoms with E-state index in [0.717, 1.165) is 17.8 Å². The maximum Gasteiger partial charge on any atom is 0.417 e. The number of hydrogen-bond donors (Lipinski definition) is 1. The van der Waals surface area contributed by atoms with Crippen molar-refractivity contribution in [3.63, 3.8) is 0 Å². The lowest BCUT2D eigenvalue weighted by Gasteiger charge is -2.20. The number of nitrogens with zero attached hydrogens (tertiary/aromatic N) is 2. The topological polar surface area (TPSA) is 75.4 Å². The van der Waals surface area contributed by atoms with Crippen molar-refractivity contribution in [1.82, 2.24) is 10.3 Å². The Hall–Kier alpha value is -2.98. The molecule has 168 valence electrons. The zero-order chi connectivity index (χ0) is 23.3. The van der Waals surface area contributed by atoms with Gasteiger partial charge in [0, 0.05) is 13.2 Å². The number of benzene rings is 1. The fourth-order valence-electron chi connectivity index (χ4n) is 2.68. The van der Waals surface area contributed by atoms with E-state index in [9.17, 15) is 22.8 Å². The van der Waals surface area contributed by atoms with Crippen LogP contribution in [0.1, 0.15) is 21.7 Å². The summed E-state index contributed by atoms with van der Waals surface area (Å²) in [5.74, 6) is -0.343. The first kappa shape index (κ1) is 23.7. The molecule has 2 aromatic heterocycles. The Kier molecular flexibility index (Phi) is 7.47. The number of nitrogens with one attached hydrogen (secondary N) is 1. The molecule has 0 bridgehead atoms. The molecule has 32 heavy (non-hydrogen) atoms. The van der Waals surface area contributed by atoms with Crippen LogP contribution in [0.2, 0.25) is 5.02 Å². The van der Waals surface area contributed by atoms with E-state index in [0.29, 0.717) is 17.6 Å². The molecule has 0 radical (unpaired) electrons. The predicted octanol–water partition coefficient (Wildman–Crippen LogP) is 5.03. The molecule has 2 heterocycles. The highest BCUT2D eigenvalue weighted by Crippen LogP contribution is 2.34. The van der Waals surface area contributed by atoms with Crippen LogP contribution in [-0.2, 0) is 17.5 Å². The molecule has 0 fully saturated rings. The quantitative estimate of drug-likeness (QED) is 0.477. The van der Waals surface area contributed by atoms with Crippen molar-refractivity contribution in [2.45, 2.75) is 17.7 Å². The molecule has 0 aliphatic carbocycles. The molecule has 0 aliphatic heterocycles. The molecule has 0 unspecified atom stereocenters. The molecule has 1 aromatic carbocycles. The first-order chi connectivity index (χ1) is 15.2. The smallest absolute Gasteiger partial charge is 0.417 e. The van der Waals surface area contributed by atoms with Crippen molar-refractivity contribution in [3.05, 3.63) is 76.8 Å². The number of furan rings is 1. The van der Waals surface area contributed by atoms with Crippen LogP contribution in [0.3, 0.4) is 0 Å². The zero-order valence-electron chi connectivity index (χ0n) is 16.6. The monoisotopic (exact) mass is 483 g/mol. The summed E-state index contributed by atoms with van der Waals surface area (Å²) in [6.45, 7) is 0.186. The molecule has 0 spiro atoms. The first-order valence-corrected chi connectivity index (χ1v) is 10.5. The average Bonchev–Trinajstić information content (AvgIpc) is 3.29. The second kappa shape index (κ2) is 10.1. The van der Waals surface area contributed by atoms with Crippen molar-refractivity contribution < 1.29 is 27.2 Å². The fourth-order valence-corrected chi connectivity index (χ4v) is 3.79. The summed E-state index contributed by atoms with van der Waals surface area (Å²) in [5.41, 5.74) is -0.308. The van der Waals surface area contributed by atoms with E-state index in [4.69, 9.17) is 16.0 Å². The van der Waals surface area contributed by atoms with Crippen LogP contribution in [-0.4, -0.2) is 29.6 Å². The number of amides is 2. The second-order valence-corrected chi connectivity index (χ2v) is 7.90. The van der Waals surface area contributed by atoms with E-state index in [1.54, 1.807) is 36.4 Å². The molecular weight excluding hydrogens is 467 g/mol. The first-order valence-electron chi connectivity index (χ1n) is 9.18. The minimum absolute atomic E-state index is 0.103. The Morgan fingerprint density at radius 3 is 2.62 bits per heavy atom. The van der Waals surface area contributed by atoms with Gasteiger partial charge >= 0.3 is 6.18 Å². The summed E-state index contributed by atoms with van der Waals surface area (Å²) in [6, 6.07) is 10.8. The SMILES string of the molecule is CN(C(=O)CSc1ncc(C(F)(F)F)cc1Cl)c1ccccc1C(=O)NCc1ccco1. The van der Waals surface area contributed by atoms with E-state index < -0.39 is 17.6 Å². The van der Waals surface area contributed by atoms with Crippen molar-refractivity contribution in [3.8, 4) is 0 Å². The molecule has 1 N–H and O–H groups in total. The van der Waals surface area contributed by atoms with Gasteiger partial charge in [-0.05, 0) is 30.3 Å². The van der Waals surface area contributed by atoms with Gasteiger partial charge < -0.3 is 14.6 Å². The maximum atomic E-state index is 12.7. The molecule has 0 saturated carbocycles. The van der Waals surface area contributed by atoms with Gasteiger partial charge in [-0.3, -0.25) is 9.59 Å². The van der Waals surface area contributed by atoms with Crippen LogP contribution in [0.15, 0.2) is 64.4 Å². The number of halogens is 4. The second-order valence-electron chi connectivity index (χ2n) is 6.53. The summed E-state index contributed by atoms with van der Waals surface area (Å²) >= 11 is 6.80. The van der Waals surface area contributed by atoms with Crippen LogP contribution in [0.4, 0.5) is 18.9 Å². The lowest BCUT2D eigenvalue weighted by atomic mass is 10.1. The number of carbonyl (C=O) groups excluding carboxylic acids is 2. The summed E-state index contributed by atoms with van der Waals surface area (Å²) in [6.07, 6.45) is -2.39. The highest BCUT2D eigenvalue weighted by molar-refractivity contribution is 8.00. The average molecular weight is 484 g/mol. The van der Waals surface area contributed by atoms with Crippen molar-refractivity contribution in [2.75, 3.05) is 17.7 Å². The Bertz CT molecular complexity index is 1110. The lowest BCUT2D eigenvalue weighted by Crippen LogP contribution is -2.31. The zero-order valence-corrected chi connectivity index (χ0v) is 18.2. The minimum atomic E-state index is -4.56. The van der Waals surface area contributed by atoms with Crippen LogP contribution in [0.5, 0.6) is 0 Å². The minimum Gasteiger partial charge on any atom is -0.467 e. The number of hydrogen-bond acceptors (Lipinski definition) is 5. The fraction of sp³-hybridized carbons (Fsp3) is 0.190. The Morgan fingerprint density at radius 1 is 1.22 bits per heavy atom. The number of anilines is 1. The molecule has 0 atom stereocenters. The van der Waals surface area contributed by atoms with E-state index in [2.05, 4.69) is 10.3 Å². The highest BCUT2D eigenvalue weighted by atomic mass is 35.5. The third kappa shape index (κ3) is 5.83. The standard InChI is InChI=1S/C21H17ClF3N3O3S/c1-28(18(29)12-32-20-16(22)9-13(10-27-20)21(23,24)25)17-7-3-2-6-15(17)19(30)26-11-14-5-4-8-31-14/h2-10H,11-12H2,1H3,(H,26,30). The van der Waals surface area contributed by atoms with Gasteiger partial charge in [0.05, 0.1) is 40.4 Å². The number of carbonyl (C=O) groups is 2. The van der Waals surface area contributed by atoms with Crippen molar-refractivity contribution >= 4 is 40.9 Å². The molecule has 2 amide bonds. The number of alkyl halides is 3. The number of para-hydroxylation sites is 1. The summed E-state index contributed by atoms with van der Waals surface area (Å²) in [4.78, 5) is 30.3. The molecule has 3 aromatic rings. The molecule has 6 nitrogen and oxygen atoms in total. The normalized spacial score (nSPS) is 11.3. The van der Waals surface area contributed by atoms with Gasteiger partial charge in [0.1, 0.15) is 10.8 Å². The van der Waals surface area contributed by atoms with E-state index in [-0.39, 0.29) is 33.8 Å². The molecule has 0 saturated heterocycles. The van der Waals surface area contributed by atoms with Crippen LogP contribution < -0.4 is 10.2 Å². The number of pyridine rings is 1. The van der Waals surface area contributed by atoms with E-state index in [1.165, 1.54) is 18.2 Å². The van der Waals surface area contributed by atoms with Gasteiger partial charge in [0.2, 0.25) is 5.91 Å². The third-order valence-corrected chi connectivity index (χ3v) is 5.74. The summed E-state index contributed by atoms with van der Waals surface area (Å²) in [5, 5.41) is 2.63. The molecule has 11 heteroatoms. The number of aromatic nitrogens is 1. The maximum absolute atomic E-state index is 12.7. The Labute approximate surface area is 190 Å². The van der Waals surface area contributed by atoms with Crippen LogP contribution in [0, 0.1) is 0 Å². The summed E-state index contributed by atoms with van der Waals surface area (Å²) in [7, 11) is 1.50. The van der Waals surface area contributed by atoms with Gasteiger partial charge in [-0.1, -0.05) is 35.5 Å². The third-order valence-electron chi connectivity index (χ3n) is 4.35. The van der Waals surface area contributed by atoms with Crippen LogP contribution in [0.25, 0.3) is 0 Å². The molecular formula is C21H17ClF3N3O3S. The van der Waals surface area contributed by atoms with Gasteiger partial charge in [-0.2, -0.15) is 13.2 Å². The van der Waals surface area contributed by atoms with Crippen LogP contribution >= 0.6 is 23.4 Å². The highest BCUT2D eigenvalue weighted by Gasteiger charge is 2.31. The van der Waals surface area contributed by atoms with Gasteiger partial charge in [0.15, 0.2) is 0 Å². The largest absolute Gasteiger partial charge is 0.467 e. The number of thioether (sulfide) groups is 1. The van der Waals surface area contributed by atoms with E-state index >= 15 is 0 Å². The molecule has 3 rings (SSSR count). The Balaban J connectivity index is 1.66. The van der Waals surface area contributed by atoms with Crippen molar-refractivity contribution in [2.24, 2.45) is 0 Å². The predicted molar refractivity (Wildman–Crippen MR) is 115 cm³/mol. The van der Waals surface area contributed by atoms with Gasteiger partial charge in [-0.25, -0.2) is 4.98 Å². The molecule has 0 aliphatic rings. The van der Waals surface area contributed by atoms with Gasteiger partial charge in [0.25, 0.3) is 5.91 Å².